The molecule has 0 unspecified atom stereocenters. The lowest BCUT2D eigenvalue weighted by Crippen LogP contribution is -2.37. The summed E-state index contributed by atoms with van der Waals surface area (Å²) in [5.41, 5.74) is 0.227. The quantitative estimate of drug-likeness (QED) is 0.628. The van der Waals surface area contributed by atoms with Crippen LogP contribution in [0.1, 0.15) is 45.1 Å². The van der Waals surface area contributed by atoms with Gasteiger partial charge in [0.1, 0.15) is 17.2 Å². The third-order valence-corrected chi connectivity index (χ3v) is 4.72. The molecular formula is C22H23ClFN3O3. The Morgan fingerprint density at radius 1 is 1.27 bits per heavy atom. The SMILES string of the molecule is Cc1ccc(F)cc1-n1c([C@H](C)NC(=O)OC(C)(C)C)nc2cccc(Cl)c2c1=O. The minimum absolute atomic E-state index is 0.219. The molecule has 8 heteroatoms. The molecule has 0 aliphatic rings. The van der Waals surface area contributed by atoms with E-state index in [1.807, 2.05) is 0 Å². The Kier molecular flexibility index (Phi) is 5.85. The molecule has 0 spiro atoms. The van der Waals surface area contributed by atoms with Crippen LogP contribution in [-0.2, 0) is 4.74 Å². The van der Waals surface area contributed by atoms with E-state index in [9.17, 15) is 14.0 Å². The second-order valence-corrected chi connectivity index (χ2v) is 8.45. The number of aromatic nitrogens is 2. The van der Waals surface area contributed by atoms with Gasteiger partial charge in [0.05, 0.1) is 27.7 Å². The van der Waals surface area contributed by atoms with E-state index in [2.05, 4.69) is 10.3 Å². The van der Waals surface area contributed by atoms with Crippen molar-refractivity contribution in [3.8, 4) is 5.69 Å². The highest BCUT2D eigenvalue weighted by Gasteiger charge is 2.24. The first-order valence-corrected chi connectivity index (χ1v) is 9.83. The summed E-state index contributed by atoms with van der Waals surface area (Å²) in [6.07, 6.45) is -0.655. The van der Waals surface area contributed by atoms with Gasteiger partial charge in [0, 0.05) is 0 Å². The minimum atomic E-state index is -0.710. The van der Waals surface area contributed by atoms with Crippen molar-refractivity contribution < 1.29 is 13.9 Å². The van der Waals surface area contributed by atoms with Gasteiger partial charge in [0.15, 0.2) is 0 Å². The zero-order chi connectivity index (χ0) is 22.2. The van der Waals surface area contributed by atoms with Crippen LogP contribution in [0.5, 0.6) is 0 Å². The van der Waals surface area contributed by atoms with Crippen molar-refractivity contribution in [2.75, 3.05) is 0 Å². The van der Waals surface area contributed by atoms with E-state index >= 15 is 0 Å². The largest absolute Gasteiger partial charge is 0.444 e. The zero-order valence-corrected chi connectivity index (χ0v) is 18.2. The van der Waals surface area contributed by atoms with Crippen molar-refractivity contribution in [1.29, 1.82) is 0 Å². The van der Waals surface area contributed by atoms with E-state index in [4.69, 9.17) is 16.3 Å². The van der Waals surface area contributed by atoms with Crippen molar-refractivity contribution in [1.82, 2.24) is 14.9 Å². The molecule has 2 aromatic carbocycles. The average Bonchev–Trinajstić information content (AvgIpc) is 2.62. The number of carbonyl (C=O) groups excluding carboxylic acids is 1. The summed E-state index contributed by atoms with van der Waals surface area (Å²) in [5, 5.41) is 3.15. The van der Waals surface area contributed by atoms with E-state index in [-0.39, 0.29) is 16.2 Å². The molecule has 3 aromatic rings. The molecule has 1 aromatic heterocycles. The molecule has 0 saturated heterocycles. The number of hydrogen-bond acceptors (Lipinski definition) is 4. The molecule has 1 atom stereocenters. The van der Waals surface area contributed by atoms with Gasteiger partial charge in [-0.2, -0.15) is 0 Å². The molecule has 6 nitrogen and oxygen atoms in total. The fourth-order valence-electron chi connectivity index (χ4n) is 3.10. The molecule has 0 radical (unpaired) electrons. The average molecular weight is 432 g/mol. The van der Waals surface area contributed by atoms with Crippen molar-refractivity contribution >= 4 is 28.6 Å². The van der Waals surface area contributed by atoms with Crippen LogP contribution in [0.2, 0.25) is 5.02 Å². The first-order valence-electron chi connectivity index (χ1n) is 9.45. The lowest BCUT2D eigenvalue weighted by molar-refractivity contribution is 0.0505. The summed E-state index contributed by atoms with van der Waals surface area (Å²) >= 11 is 6.26. The maximum atomic E-state index is 14.0. The number of amides is 1. The maximum Gasteiger partial charge on any atom is 0.408 e. The summed E-state index contributed by atoms with van der Waals surface area (Å²) in [6.45, 7) is 8.68. The summed E-state index contributed by atoms with van der Waals surface area (Å²) in [5.74, 6) is -0.269. The number of nitrogens with one attached hydrogen (secondary N) is 1. The van der Waals surface area contributed by atoms with Gasteiger partial charge in [-0.3, -0.25) is 9.36 Å². The molecular weight excluding hydrogens is 409 g/mol. The smallest absolute Gasteiger partial charge is 0.408 e. The van der Waals surface area contributed by atoms with E-state index < -0.39 is 29.1 Å². The molecule has 1 N–H and O–H groups in total. The lowest BCUT2D eigenvalue weighted by atomic mass is 10.1. The first-order chi connectivity index (χ1) is 14.0. The van der Waals surface area contributed by atoms with Crippen LogP contribution in [0.15, 0.2) is 41.2 Å². The highest BCUT2D eigenvalue weighted by atomic mass is 35.5. The van der Waals surface area contributed by atoms with Crippen molar-refractivity contribution in [2.45, 2.75) is 46.3 Å². The third-order valence-electron chi connectivity index (χ3n) is 4.41. The first kappa shape index (κ1) is 21.8. The Labute approximate surface area is 178 Å². The van der Waals surface area contributed by atoms with Gasteiger partial charge in [-0.15, -0.1) is 0 Å². The fraction of sp³-hybridized carbons (Fsp3) is 0.318. The second-order valence-electron chi connectivity index (χ2n) is 8.04. The maximum absolute atomic E-state index is 14.0. The summed E-state index contributed by atoms with van der Waals surface area (Å²) in [4.78, 5) is 30.3. The number of aryl methyl sites for hydroxylation is 1. The molecule has 1 amide bonds. The number of fused-ring (bicyclic) bond motifs is 1. The number of hydrogen-bond donors (Lipinski definition) is 1. The molecule has 1 heterocycles. The van der Waals surface area contributed by atoms with E-state index in [1.54, 1.807) is 58.9 Å². The zero-order valence-electron chi connectivity index (χ0n) is 17.4. The minimum Gasteiger partial charge on any atom is -0.444 e. The Bertz CT molecular complexity index is 1180. The number of nitrogens with zero attached hydrogens (tertiary/aromatic N) is 2. The normalized spacial score (nSPS) is 12.6. The number of benzene rings is 2. The predicted molar refractivity (Wildman–Crippen MR) is 115 cm³/mol. The topological polar surface area (TPSA) is 73.2 Å². The van der Waals surface area contributed by atoms with Crippen molar-refractivity contribution in [2.24, 2.45) is 0 Å². The Morgan fingerprint density at radius 2 is 1.97 bits per heavy atom. The van der Waals surface area contributed by atoms with Crippen LogP contribution in [0.4, 0.5) is 9.18 Å². The van der Waals surface area contributed by atoms with Gasteiger partial charge < -0.3 is 10.1 Å². The predicted octanol–water partition coefficient (Wildman–Crippen LogP) is 5.07. The molecule has 0 bridgehead atoms. The van der Waals surface area contributed by atoms with E-state index in [1.165, 1.54) is 16.7 Å². The van der Waals surface area contributed by atoms with Gasteiger partial charge in [-0.25, -0.2) is 14.2 Å². The van der Waals surface area contributed by atoms with Gasteiger partial charge >= 0.3 is 6.09 Å². The van der Waals surface area contributed by atoms with Gasteiger partial charge in [-0.05, 0) is 64.4 Å². The Morgan fingerprint density at radius 3 is 2.63 bits per heavy atom. The van der Waals surface area contributed by atoms with Gasteiger partial charge in [0.25, 0.3) is 5.56 Å². The van der Waals surface area contributed by atoms with Crippen LogP contribution in [0.25, 0.3) is 16.6 Å². The molecule has 0 aliphatic heterocycles. The fourth-order valence-corrected chi connectivity index (χ4v) is 3.35. The molecule has 3 rings (SSSR count). The lowest BCUT2D eigenvalue weighted by Gasteiger charge is -2.24. The summed E-state index contributed by atoms with van der Waals surface area (Å²) < 4.78 is 20.6. The van der Waals surface area contributed by atoms with Crippen molar-refractivity contribution in [3.63, 3.8) is 0 Å². The van der Waals surface area contributed by atoms with Crippen LogP contribution < -0.4 is 10.9 Å². The number of alkyl carbamates (subject to hydrolysis) is 1. The molecule has 0 saturated carbocycles. The number of carbonyl (C=O) groups is 1. The van der Waals surface area contributed by atoms with Gasteiger partial charge in [0.2, 0.25) is 0 Å². The summed E-state index contributed by atoms with van der Waals surface area (Å²) in [6, 6.07) is 8.37. The number of halogens is 2. The van der Waals surface area contributed by atoms with E-state index in [0.29, 0.717) is 16.8 Å². The van der Waals surface area contributed by atoms with Crippen LogP contribution in [0.3, 0.4) is 0 Å². The van der Waals surface area contributed by atoms with E-state index in [0.717, 1.165) is 0 Å². The Hall–Kier alpha value is -2.93. The van der Waals surface area contributed by atoms with Crippen LogP contribution >= 0.6 is 11.6 Å². The molecule has 30 heavy (non-hydrogen) atoms. The highest BCUT2D eigenvalue weighted by molar-refractivity contribution is 6.35. The van der Waals surface area contributed by atoms with Crippen molar-refractivity contribution in [3.05, 3.63) is 69.0 Å². The number of ether oxygens (including phenoxy) is 1. The van der Waals surface area contributed by atoms with Crippen LogP contribution in [0, 0.1) is 12.7 Å². The second kappa shape index (κ2) is 8.07. The highest BCUT2D eigenvalue weighted by Crippen LogP contribution is 2.24. The number of rotatable bonds is 3. The standard InChI is InChI=1S/C22H23ClFN3O3/c1-12-9-10-14(24)11-17(12)27-19(13(2)25-21(29)30-22(3,4)5)26-16-8-6-7-15(23)18(16)20(27)28/h6-11,13H,1-5H3,(H,25,29)/t13-/m0/s1. The summed E-state index contributed by atoms with van der Waals surface area (Å²) in [7, 11) is 0. The molecule has 0 fully saturated rings. The molecule has 158 valence electrons. The Balaban J connectivity index is 2.23. The monoisotopic (exact) mass is 431 g/mol. The van der Waals surface area contributed by atoms with Crippen LogP contribution in [-0.4, -0.2) is 21.2 Å². The van der Waals surface area contributed by atoms with Gasteiger partial charge in [-0.1, -0.05) is 23.7 Å². The third kappa shape index (κ3) is 4.46. The molecule has 0 aliphatic carbocycles.